The van der Waals surface area contributed by atoms with Gasteiger partial charge >= 0.3 is 12.1 Å². The number of rotatable bonds is 9. The van der Waals surface area contributed by atoms with Crippen molar-refractivity contribution in [2.45, 2.75) is 148 Å². The summed E-state index contributed by atoms with van der Waals surface area (Å²) in [5, 5.41) is 15.6. The number of cyclic esters (lactones) is 1. The summed E-state index contributed by atoms with van der Waals surface area (Å²) in [6.07, 6.45) is 1.75. The Labute approximate surface area is 305 Å². The van der Waals surface area contributed by atoms with E-state index < -0.39 is 47.9 Å². The summed E-state index contributed by atoms with van der Waals surface area (Å²) < 4.78 is 32.1. The number of aliphatic hydroxyl groups excluding tert-OH is 1. The zero-order chi connectivity index (χ0) is 37.4. The molecule has 5 rings (SSSR count). The van der Waals surface area contributed by atoms with Crippen molar-refractivity contribution in [1.29, 1.82) is 0 Å². The summed E-state index contributed by atoms with van der Waals surface area (Å²) in [5.41, 5.74) is -0.252. The predicted molar refractivity (Wildman–Crippen MR) is 195 cm³/mol. The molecular formula is C40H63N3O8. The third-order valence-corrected chi connectivity index (χ3v) is 12.2. The fraction of sp³-hybridized carbons (Fsp3) is 0.750. The maximum atomic E-state index is 13.9. The van der Waals surface area contributed by atoms with E-state index in [-0.39, 0.29) is 42.0 Å². The molecule has 13 atom stereocenters. The molecule has 4 aliphatic heterocycles. The molecule has 11 heteroatoms. The van der Waals surface area contributed by atoms with E-state index in [4.69, 9.17) is 23.7 Å². The molecule has 4 aliphatic rings. The number of likely N-dealkylation sites (N-methyl/N-ethyl adjacent to an activating group) is 1. The van der Waals surface area contributed by atoms with E-state index in [0.717, 1.165) is 12.8 Å². The van der Waals surface area contributed by atoms with Gasteiger partial charge in [-0.05, 0) is 91.3 Å². The van der Waals surface area contributed by atoms with E-state index in [1.54, 1.807) is 14.0 Å². The quantitative estimate of drug-likeness (QED) is 0.325. The number of hydrogen-bond acceptors (Lipinski definition) is 10. The number of hydrogen-bond donors (Lipinski definition) is 1. The SMILES string of the molecule is CC[C@H]1OC(=O)/C(C)=C\[C@H](C)[C@@H](O[C@@H]2O[C@H](C)C[C@H](N(C)C)[C@H]2O)[C@](C)(OC)C[C@@H](C)[C@H]2[C@H](C)[C@H]3N(C(=O)O[C@]13C)N2CCCc1ccccc1. The number of hydrazine groups is 1. The number of methoxy groups -OCH3 is 1. The van der Waals surface area contributed by atoms with Crippen LogP contribution in [-0.4, -0.2) is 120 Å². The molecule has 286 valence electrons. The number of ether oxygens (including phenoxy) is 5. The summed E-state index contributed by atoms with van der Waals surface area (Å²) >= 11 is 0. The van der Waals surface area contributed by atoms with E-state index in [0.29, 0.717) is 31.4 Å². The molecule has 0 spiro atoms. The number of aryl methyl sites for hydroxylation is 1. The number of carbonyl (C=O) groups is 2. The molecule has 0 unspecified atom stereocenters. The molecule has 3 saturated heterocycles. The van der Waals surface area contributed by atoms with Gasteiger partial charge in [0.1, 0.15) is 12.2 Å². The molecule has 51 heavy (non-hydrogen) atoms. The molecule has 1 aromatic carbocycles. The Hall–Kier alpha value is -2.54. The normalized spacial score (nSPS) is 41.9. The van der Waals surface area contributed by atoms with Crippen molar-refractivity contribution in [3.05, 3.63) is 47.5 Å². The van der Waals surface area contributed by atoms with Crippen LogP contribution in [0.1, 0.15) is 86.6 Å². The van der Waals surface area contributed by atoms with Gasteiger partial charge < -0.3 is 33.7 Å². The first-order valence-corrected chi connectivity index (χ1v) is 19.0. The molecule has 0 saturated carbocycles. The largest absolute Gasteiger partial charge is 0.455 e. The lowest BCUT2D eigenvalue weighted by molar-refractivity contribution is -0.295. The Balaban J connectivity index is 1.56. The number of esters is 1. The highest BCUT2D eigenvalue weighted by molar-refractivity contribution is 5.88. The van der Waals surface area contributed by atoms with E-state index in [1.165, 1.54) is 5.56 Å². The van der Waals surface area contributed by atoms with Gasteiger partial charge in [0, 0.05) is 37.2 Å². The van der Waals surface area contributed by atoms with Crippen molar-refractivity contribution >= 4 is 12.1 Å². The number of nitrogens with zero attached hydrogens (tertiary/aromatic N) is 3. The van der Waals surface area contributed by atoms with Gasteiger partial charge in [-0.1, -0.05) is 64.1 Å². The summed E-state index contributed by atoms with van der Waals surface area (Å²) in [6.45, 7) is 16.8. The third kappa shape index (κ3) is 7.76. The van der Waals surface area contributed by atoms with Crippen molar-refractivity contribution < 1.29 is 38.4 Å². The highest BCUT2D eigenvalue weighted by Gasteiger charge is 2.66. The highest BCUT2D eigenvalue weighted by Crippen LogP contribution is 2.50. The van der Waals surface area contributed by atoms with Gasteiger partial charge in [0.2, 0.25) is 0 Å². The first kappa shape index (κ1) is 39.7. The summed E-state index contributed by atoms with van der Waals surface area (Å²) in [4.78, 5) is 29.8. The van der Waals surface area contributed by atoms with Crippen LogP contribution in [-0.2, 0) is 34.9 Å². The molecule has 1 amide bonds. The molecule has 0 aromatic heterocycles. The van der Waals surface area contributed by atoms with Crippen LogP contribution in [0.5, 0.6) is 0 Å². The van der Waals surface area contributed by atoms with Crippen molar-refractivity contribution in [1.82, 2.24) is 14.9 Å². The Morgan fingerprint density at radius 3 is 2.39 bits per heavy atom. The summed E-state index contributed by atoms with van der Waals surface area (Å²) in [5.74, 6) is -0.787. The Bertz CT molecular complexity index is 1390. The van der Waals surface area contributed by atoms with Gasteiger partial charge in [-0.15, -0.1) is 0 Å². The van der Waals surface area contributed by atoms with Crippen molar-refractivity contribution in [2.75, 3.05) is 27.7 Å². The fourth-order valence-corrected chi connectivity index (χ4v) is 9.75. The van der Waals surface area contributed by atoms with Crippen LogP contribution in [0.3, 0.4) is 0 Å². The van der Waals surface area contributed by atoms with Gasteiger partial charge in [0.25, 0.3) is 0 Å². The van der Waals surface area contributed by atoms with Gasteiger partial charge in [0.05, 0.1) is 23.9 Å². The Morgan fingerprint density at radius 1 is 1.08 bits per heavy atom. The van der Waals surface area contributed by atoms with Crippen LogP contribution in [0.2, 0.25) is 0 Å². The molecule has 3 fully saturated rings. The van der Waals surface area contributed by atoms with Crippen LogP contribution >= 0.6 is 0 Å². The van der Waals surface area contributed by atoms with E-state index >= 15 is 0 Å². The molecule has 11 nitrogen and oxygen atoms in total. The fourth-order valence-electron chi connectivity index (χ4n) is 9.75. The molecule has 2 bridgehead atoms. The smallest absolute Gasteiger partial charge is 0.425 e. The highest BCUT2D eigenvalue weighted by atomic mass is 16.7. The number of aliphatic hydroxyl groups is 1. The zero-order valence-corrected chi connectivity index (χ0v) is 32.7. The van der Waals surface area contributed by atoms with Gasteiger partial charge in [-0.3, -0.25) is 0 Å². The monoisotopic (exact) mass is 713 g/mol. The standard InChI is InChI=1S/C40H63N3O8/c1-12-31-40(8)34-28(6)32(42(43(34)38(46)51-40)20-16-19-29-17-14-13-15-18-29)26(4)23-39(7,47-11)35(24(2)21-25(3)36(45)49-31)50-37-33(44)30(41(9)10)22-27(5)48-37/h13-15,17-18,21,24,26-28,30-35,37,44H,12,16,19-20,22-23H2,1-11H3/b25-21-/t24-,26+,27+,28-,30-,31+,32-,33+,34+,35+,37-,39+,40+/m0/s1. The maximum absolute atomic E-state index is 13.9. The average Bonchev–Trinajstić information content (AvgIpc) is 3.54. The average molecular weight is 714 g/mol. The Morgan fingerprint density at radius 2 is 1.76 bits per heavy atom. The number of amides is 1. The van der Waals surface area contributed by atoms with Crippen molar-refractivity contribution in [3.8, 4) is 0 Å². The second kappa shape index (κ2) is 15.8. The first-order chi connectivity index (χ1) is 24.1. The molecular weight excluding hydrogens is 650 g/mol. The summed E-state index contributed by atoms with van der Waals surface area (Å²) in [6, 6.07) is 9.85. The van der Waals surface area contributed by atoms with Gasteiger partial charge in [-0.25, -0.2) is 19.6 Å². The van der Waals surface area contributed by atoms with E-state index in [2.05, 4.69) is 43.1 Å². The minimum atomic E-state index is -1.05. The lowest BCUT2D eigenvalue weighted by Gasteiger charge is -2.47. The minimum Gasteiger partial charge on any atom is -0.455 e. The van der Waals surface area contributed by atoms with Crippen LogP contribution in [0.15, 0.2) is 42.0 Å². The van der Waals surface area contributed by atoms with E-state index in [9.17, 15) is 14.7 Å². The molecule has 0 aliphatic carbocycles. The second-order valence-corrected chi connectivity index (χ2v) is 16.3. The first-order valence-electron chi connectivity index (χ1n) is 19.0. The van der Waals surface area contributed by atoms with Crippen LogP contribution in [0.4, 0.5) is 4.79 Å². The lowest BCUT2D eigenvalue weighted by Crippen LogP contribution is -2.58. The second-order valence-electron chi connectivity index (χ2n) is 16.3. The number of carbonyl (C=O) groups excluding carboxylic acids is 2. The maximum Gasteiger partial charge on any atom is 0.425 e. The molecule has 4 heterocycles. The third-order valence-electron chi connectivity index (χ3n) is 12.2. The van der Waals surface area contributed by atoms with Crippen LogP contribution < -0.4 is 0 Å². The van der Waals surface area contributed by atoms with Crippen LogP contribution in [0.25, 0.3) is 0 Å². The zero-order valence-electron chi connectivity index (χ0n) is 32.7. The summed E-state index contributed by atoms with van der Waals surface area (Å²) in [7, 11) is 5.60. The number of benzene rings is 1. The molecule has 0 radical (unpaired) electrons. The Kier molecular flexibility index (Phi) is 12.3. The lowest BCUT2D eigenvalue weighted by atomic mass is 9.73. The predicted octanol–water partition coefficient (Wildman–Crippen LogP) is 5.59. The van der Waals surface area contributed by atoms with Crippen molar-refractivity contribution in [3.63, 3.8) is 0 Å². The van der Waals surface area contributed by atoms with Gasteiger partial charge in [0.15, 0.2) is 11.9 Å². The van der Waals surface area contributed by atoms with Gasteiger partial charge in [-0.2, -0.15) is 0 Å². The topological polar surface area (TPSA) is 110 Å². The number of fused-ring (bicyclic) bond motifs is 1. The minimum absolute atomic E-state index is 0.0244. The molecule has 1 aromatic rings. The van der Waals surface area contributed by atoms with Crippen LogP contribution in [0, 0.1) is 17.8 Å². The molecule has 1 N–H and O–H groups in total. The van der Waals surface area contributed by atoms with E-state index in [1.807, 2.05) is 70.8 Å². The van der Waals surface area contributed by atoms with Crippen molar-refractivity contribution in [2.24, 2.45) is 17.8 Å².